The number of nitrogens with two attached hydrogens (primary N) is 1. The zero-order valence-electron chi connectivity index (χ0n) is 12.0. The summed E-state index contributed by atoms with van der Waals surface area (Å²) < 4.78 is 31.4. The molecule has 0 aliphatic heterocycles. The lowest BCUT2D eigenvalue weighted by molar-refractivity contribution is -0.143. The van der Waals surface area contributed by atoms with E-state index in [0.717, 1.165) is 18.4 Å². The number of carbonyl (C=O) groups excluding carboxylic acids is 1. The van der Waals surface area contributed by atoms with Crippen molar-refractivity contribution in [2.45, 2.75) is 29.6 Å². The minimum Gasteiger partial charge on any atom is -0.468 e. The van der Waals surface area contributed by atoms with Crippen molar-refractivity contribution in [2.24, 2.45) is 5.73 Å². The average molecular weight is 312 g/mol. The summed E-state index contributed by atoms with van der Waals surface area (Å²) in [6, 6.07) is 6.40. The molecule has 0 aromatic heterocycles. The number of esters is 1. The molecule has 1 saturated carbocycles. The minimum atomic E-state index is -3.52. The summed E-state index contributed by atoms with van der Waals surface area (Å²) in [5, 5.41) is 0. The summed E-state index contributed by atoms with van der Waals surface area (Å²) in [6.45, 7) is 0.746. The van der Waals surface area contributed by atoms with Crippen molar-refractivity contribution in [1.82, 2.24) is 4.72 Å². The lowest BCUT2D eigenvalue weighted by atomic mass is 9.96. The molecule has 0 bridgehead atoms. The van der Waals surface area contributed by atoms with Crippen LogP contribution in [0.1, 0.15) is 24.8 Å². The number of hydrogen-bond donors (Lipinski definition) is 2. The van der Waals surface area contributed by atoms with Crippen LogP contribution in [0.4, 0.5) is 0 Å². The maximum absolute atomic E-state index is 12.0. The molecule has 116 valence electrons. The molecule has 1 aliphatic rings. The Morgan fingerprint density at radius 2 is 1.95 bits per heavy atom. The summed E-state index contributed by atoms with van der Waals surface area (Å²) in [4.78, 5) is 12.0. The second-order valence-electron chi connectivity index (χ2n) is 5.14. The van der Waals surface area contributed by atoms with Crippen LogP contribution in [0.15, 0.2) is 29.2 Å². The number of carbonyl (C=O) groups is 1. The first-order valence-corrected chi connectivity index (χ1v) is 8.33. The zero-order valence-corrected chi connectivity index (χ0v) is 12.8. The van der Waals surface area contributed by atoms with Crippen molar-refractivity contribution < 1.29 is 17.9 Å². The van der Waals surface area contributed by atoms with Crippen molar-refractivity contribution in [3.8, 4) is 0 Å². The number of hydrogen-bond acceptors (Lipinski definition) is 5. The first-order chi connectivity index (χ1) is 9.96. The predicted molar refractivity (Wildman–Crippen MR) is 78.2 cm³/mol. The molecule has 1 aromatic rings. The van der Waals surface area contributed by atoms with E-state index in [0.29, 0.717) is 19.5 Å². The summed E-state index contributed by atoms with van der Waals surface area (Å²) in [5.74, 6) is -0.265. The molecule has 0 saturated heterocycles. The maximum atomic E-state index is 12.0. The molecule has 1 aliphatic carbocycles. The molecule has 3 N–H and O–H groups in total. The van der Waals surface area contributed by atoms with Crippen molar-refractivity contribution >= 4 is 16.0 Å². The van der Waals surface area contributed by atoms with Gasteiger partial charge < -0.3 is 10.5 Å². The van der Waals surface area contributed by atoms with Gasteiger partial charge in [0.2, 0.25) is 10.0 Å². The van der Waals surface area contributed by atoms with Gasteiger partial charge >= 0.3 is 5.97 Å². The van der Waals surface area contributed by atoms with E-state index in [-0.39, 0.29) is 10.9 Å². The molecule has 7 heteroatoms. The van der Waals surface area contributed by atoms with Crippen LogP contribution in [0.3, 0.4) is 0 Å². The van der Waals surface area contributed by atoms with Gasteiger partial charge in [0.15, 0.2) is 0 Å². The van der Waals surface area contributed by atoms with Crippen molar-refractivity contribution in [3.05, 3.63) is 29.8 Å². The van der Waals surface area contributed by atoms with E-state index < -0.39 is 15.4 Å². The van der Waals surface area contributed by atoms with Gasteiger partial charge in [0.05, 0.1) is 17.4 Å². The highest BCUT2D eigenvalue weighted by atomic mass is 32.2. The molecular formula is C14H20N2O4S. The Kier molecular flexibility index (Phi) is 4.65. The normalized spacial score (nSPS) is 16.5. The van der Waals surface area contributed by atoms with Gasteiger partial charge in [-0.25, -0.2) is 13.1 Å². The first kappa shape index (κ1) is 15.9. The topological polar surface area (TPSA) is 98.5 Å². The SMILES string of the molecule is COC(=O)C1(c2ccc(S(=O)(=O)NCCCN)cc2)CC1. The molecule has 21 heavy (non-hydrogen) atoms. The van der Waals surface area contributed by atoms with Crippen LogP contribution in [0.5, 0.6) is 0 Å². The van der Waals surface area contributed by atoms with E-state index in [4.69, 9.17) is 10.5 Å². The quantitative estimate of drug-likeness (QED) is 0.565. The molecule has 1 aromatic carbocycles. The number of benzene rings is 1. The lowest BCUT2D eigenvalue weighted by Gasteiger charge is -2.13. The summed E-state index contributed by atoms with van der Waals surface area (Å²) in [5.41, 5.74) is 5.56. The molecule has 0 spiro atoms. The van der Waals surface area contributed by atoms with Crippen LogP contribution in [0, 0.1) is 0 Å². The Hall–Kier alpha value is -1.44. The second-order valence-corrected chi connectivity index (χ2v) is 6.91. The van der Waals surface area contributed by atoms with Gasteiger partial charge in [0.25, 0.3) is 0 Å². The van der Waals surface area contributed by atoms with Gasteiger partial charge in [0.1, 0.15) is 0 Å². The summed E-state index contributed by atoms with van der Waals surface area (Å²) in [7, 11) is -2.16. The highest BCUT2D eigenvalue weighted by Gasteiger charge is 2.52. The Labute approximate surface area is 124 Å². The van der Waals surface area contributed by atoms with Crippen molar-refractivity contribution in [3.63, 3.8) is 0 Å². The number of rotatable bonds is 7. The van der Waals surface area contributed by atoms with Crippen LogP contribution in [0.2, 0.25) is 0 Å². The van der Waals surface area contributed by atoms with Crippen molar-refractivity contribution in [1.29, 1.82) is 0 Å². The second kappa shape index (κ2) is 6.13. The zero-order chi connectivity index (χ0) is 15.5. The fourth-order valence-corrected chi connectivity index (χ4v) is 3.35. The molecule has 0 radical (unpaired) electrons. The van der Waals surface area contributed by atoms with Gasteiger partial charge in [-0.15, -0.1) is 0 Å². The van der Waals surface area contributed by atoms with Crippen LogP contribution in [-0.2, 0) is 25.0 Å². The third kappa shape index (κ3) is 3.25. The predicted octanol–water partition coefficient (Wildman–Crippen LogP) is 0.518. The fraction of sp³-hybridized carbons (Fsp3) is 0.500. The molecular weight excluding hydrogens is 292 g/mol. The highest BCUT2D eigenvalue weighted by molar-refractivity contribution is 7.89. The van der Waals surface area contributed by atoms with Gasteiger partial charge in [-0.2, -0.15) is 0 Å². The van der Waals surface area contributed by atoms with Gasteiger partial charge in [0, 0.05) is 6.54 Å². The Morgan fingerprint density at radius 3 is 2.43 bits per heavy atom. The number of methoxy groups -OCH3 is 1. The third-order valence-electron chi connectivity index (χ3n) is 3.72. The smallest absolute Gasteiger partial charge is 0.316 e. The van der Waals surface area contributed by atoms with E-state index in [1.54, 1.807) is 12.1 Å². The van der Waals surface area contributed by atoms with Crippen LogP contribution >= 0.6 is 0 Å². The number of nitrogens with one attached hydrogen (secondary N) is 1. The molecule has 0 heterocycles. The van der Waals surface area contributed by atoms with E-state index in [9.17, 15) is 13.2 Å². The summed E-state index contributed by atoms with van der Waals surface area (Å²) in [6.07, 6.45) is 2.06. The van der Waals surface area contributed by atoms with Gasteiger partial charge in [-0.3, -0.25) is 4.79 Å². The summed E-state index contributed by atoms with van der Waals surface area (Å²) >= 11 is 0. The first-order valence-electron chi connectivity index (χ1n) is 6.85. The van der Waals surface area contributed by atoms with Gasteiger partial charge in [-0.1, -0.05) is 12.1 Å². The van der Waals surface area contributed by atoms with E-state index in [2.05, 4.69) is 4.72 Å². The fourth-order valence-electron chi connectivity index (χ4n) is 2.28. The molecule has 6 nitrogen and oxygen atoms in total. The van der Waals surface area contributed by atoms with Crippen LogP contribution in [-0.4, -0.2) is 34.6 Å². The minimum absolute atomic E-state index is 0.184. The van der Waals surface area contributed by atoms with Gasteiger partial charge in [-0.05, 0) is 43.5 Å². The molecule has 0 unspecified atom stereocenters. The standard InChI is InChI=1S/C14H20N2O4S/c1-20-13(17)14(7-8-14)11-3-5-12(6-4-11)21(18,19)16-10-2-9-15/h3-6,16H,2,7-10,15H2,1H3. The molecule has 0 atom stereocenters. The maximum Gasteiger partial charge on any atom is 0.316 e. The van der Waals surface area contributed by atoms with Crippen molar-refractivity contribution in [2.75, 3.05) is 20.2 Å². The molecule has 2 rings (SSSR count). The number of sulfonamides is 1. The van der Waals surface area contributed by atoms with E-state index >= 15 is 0 Å². The molecule has 0 amide bonds. The van der Waals surface area contributed by atoms with E-state index in [1.807, 2.05) is 0 Å². The Bertz CT molecular complexity index is 606. The average Bonchev–Trinajstić information content (AvgIpc) is 3.28. The monoisotopic (exact) mass is 312 g/mol. The van der Waals surface area contributed by atoms with Crippen LogP contribution in [0.25, 0.3) is 0 Å². The highest BCUT2D eigenvalue weighted by Crippen LogP contribution is 2.49. The lowest BCUT2D eigenvalue weighted by Crippen LogP contribution is -2.26. The van der Waals surface area contributed by atoms with Crippen LogP contribution < -0.4 is 10.5 Å². The largest absolute Gasteiger partial charge is 0.468 e. The Morgan fingerprint density at radius 1 is 1.33 bits per heavy atom. The molecule has 1 fully saturated rings. The Balaban J connectivity index is 2.14. The number of ether oxygens (including phenoxy) is 1. The van der Waals surface area contributed by atoms with E-state index in [1.165, 1.54) is 19.2 Å². The third-order valence-corrected chi connectivity index (χ3v) is 5.19.